The maximum atomic E-state index is 13.3. The molecule has 0 aliphatic heterocycles. The van der Waals surface area contributed by atoms with Gasteiger partial charge >= 0.3 is 0 Å². The van der Waals surface area contributed by atoms with Gasteiger partial charge in [0.1, 0.15) is 5.69 Å². The van der Waals surface area contributed by atoms with Crippen LogP contribution in [0.4, 0.5) is 5.69 Å². The molecule has 1 aliphatic carbocycles. The summed E-state index contributed by atoms with van der Waals surface area (Å²) in [5.41, 5.74) is 5.89. The molecule has 0 bridgehead atoms. The molecule has 3 aromatic rings. The van der Waals surface area contributed by atoms with Gasteiger partial charge in [0.15, 0.2) is 0 Å². The van der Waals surface area contributed by atoms with Gasteiger partial charge in [-0.25, -0.2) is 4.68 Å². The van der Waals surface area contributed by atoms with Gasteiger partial charge in [-0.2, -0.15) is 5.10 Å². The van der Waals surface area contributed by atoms with Crippen molar-refractivity contribution in [3.05, 3.63) is 77.1 Å². The number of hydrogen-bond acceptors (Lipinski definition) is 2. The largest absolute Gasteiger partial charge is 0.321 e. The van der Waals surface area contributed by atoms with Gasteiger partial charge in [-0.3, -0.25) is 4.79 Å². The molecule has 0 unspecified atom stereocenters. The number of hydrogen-bond donors (Lipinski definition) is 1. The van der Waals surface area contributed by atoms with Crippen LogP contribution in [0.25, 0.3) is 5.69 Å². The number of aromatic nitrogens is 2. The van der Waals surface area contributed by atoms with Gasteiger partial charge in [-0.1, -0.05) is 51.1 Å². The third-order valence-corrected chi connectivity index (χ3v) is 5.38. The highest BCUT2D eigenvalue weighted by atomic mass is 16.2. The van der Waals surface area contributed by atoms with Crippen molar-refractivity contribution >= 4 is 11.6 Å². The number of nitrogens with zero attached hydrogens (tertiary/aromatic N) is 2. The van der Waals surface area contributed by atoms with Gasteiger partial charge < -0.3 is 5.32 Å². The Bertz CT molecular complexity index is 979. The van der Waals surface area contributed by atoms with Gasteiger partial charge in [0.25, 0.3) is 5.91 Å². The highest BCUT2D eigenvalue weighted by Crippen LogP contribution is 2.28. The van der Waals surface area contributed by atoms with Crippen LogP contribution in [0, 0.1) is 0 Å². The highest BCUT2D eigenvalue weighted by Gasteiger charge is 2.26. The molecule has 1 aliphatic rings. The van der Waals surface area contributed by atoms with Gasteiger partial charge in [0.05, 0.1) is 11.4 Å². The smallest absolute Gasteiger partial charge is 0.274 e. The monoisotopic (exact) mass is 373 g/mol. The van der Waals surface area contributed by atoms with Crippen molar-refractivity contribution in [3.63, 3.8) is 0 Å². The molecule has 0 spiro atoms. The van der Waals surface area contributed by atoms with Crippen LogP contribution >= 0.6 is 0 Å². The number of rotatable bonds is 3. The predicted octanol–water partition coefficient (Wildman–Crippen LogP) is 5.30. The van der Waals surface area contributed by atoms with E-state index in [-0.39, 0.29) is 11.3 Å². The van der Waals surface area contributed by atoms with E-state index in [1.54, 1.807) is 0 Å². The van der Waals surface area contributed by atoms with Crippen molar-refractivity contribution in [2.75, 3.05) is 5.32 Å². The first-order valence-corrected chi connectivity index (χ1v) is 10.0. The number of carbonyl (C=O) groups is 1. The van der Waals surface area contributed by atoms with Crippen LogP contribution < -0.4 is 5.32 Å². The van der Waals surface area contributed by atoms with Crippen LogP contribution in [0.5, 0.6) is 0 Å². The average Bonchev–Trinajstić information content (AvgIpc) is 3.08. The molecule has 0 fully saturated rings. The van der Waals surface area contributed by atoms with Gasteiger partial charge in [-0.05, 0) is 60.9 Å². The first kappa shape index (κ1) is 18.5. The van der Waals surface area contributed by atoms with E-state index in [1.165, 1.54) is 5.56 Å². The Morgan fingerprint density at radius 3 is 2.32 bits per heavy atom. The Morgan fingerprint density at radius 1 is 0.964 bits per heavy atom. The molecule has 0 atom stereocenters. The van der Waals surface area contributed by atoms with Crippen LogP contribution in [0.15, 0.2) is 54.6 Å². The second kappa shape index (κ2) is 7.27. The number of anilines is 1. The summed E-state index contributed by atoms with van der Waals surface area (Å²) in [6.07, 6.45) is 4.09. The Labute approximate surface area is 166 Å². The second-order valence-corrected chi connectivity index (χ2v) is 8.51. The number of fused-ring (bicyclic) bond motifs is 1. The second-order valence-electron chi connectivity index (χ2n) is 8.51. The number of amides is 1. The van der Waals surface area contributed by atoms with Crippen molar-refractivity contribution in [3.8, 4) is 5.69 Å². The van der Waals surface area contributed by atoms with Gasteiger partial charge in [-0.15, -0.1) is 0 Å². The number of carbonyl (C=O) groups excluding carboxylic acids is 1. The van der Waals surface area contributed by atoms with Crippen molar-refractivity contribution in [1.29, 1.82) is 0 Å². The molecule has 1 amide bonds. The summed E-state index contributed by atoms with van der Waals surface area (Å²) in [6.45, 7) is 6.56. The molecule has 4 heteroatoms. The zero-order valence-corrected chi connectivity index (χ0v) is 16.8. The van der Waals surface area contributed by atoms with Crippen LogP contribution in [0.3, 0.4) is 0 Å². The molecule has 2 aromatic carbocycles. The van der Waals surface area contributed by atoms with Crippen molar-refractivity contribution < 1.29 is 4.79 Å². The highest BCUT2D eigenvalue weighted by molar-refractivity contribution is 6.04. The Hall–Kier alpha value is -2.88. The van der Waals surface area contributed by atoms with E-state index < -0.39 is 0 Å². The minimum atomic E-state index is -0.0944. The van der Waals surface area contributed by atoms with Gasteiger partial charge in [0, 0.05) is 11.3 Å². The summed E-state index contributed by atoms with van der Waals surface area (Å²) in [7, 11) is 0. The maximum absolute atomic E-state index is 13.3. The summed E-state index contributed by atoms with van der Waals surface area (Å²) >= 11 is 0. The summed E-state index contributed by atoms with van der Waals surface area (Å²) < 4.78 is 1.81. The molecule has 0 saturated carbocycles. The third-order valence-electron chi connectivity index (χ3n) is 5.38. The Morgan fingerprint density at radius 2 is 1.64 bits per heavy atom. The fourth-order valence-corrected chi connectivity index (χ4v) is 3.79. The van der Waals surface area contributed by atoms with E-state index >= 15 is 0 Å². The van der Waals surface area contributed by atoms with E-state index in [2.05, 4.69) is 38.2 Å². The minimum absolute atomic E-state index is 0.0908. The van der Waals surface area contributed by atoms with Crippen LogP contribution in [0.2, 0.25) is 0 Å². The van der Waals surface area contributed by atoms with Gasteiger partial charge in [0.2, 0.25) is 0 Å². The Kier molecular flexibility index (Phi) is 4.80. The first-order valence-electron chi connectivity index (χ1n) is 10.0. The molecule has 1 N–H and O–H groups in total. The number of para-hydroxylation sites is 1. The van der Waals surface area contributed by atoms with E-state index in [4.69, 9.17) is 5.10 Å². The molecule has 4 rings (SSSR count). The minimum Gasteiger partial charge on any atom is -0.321 e. The lowest BCUT2D eigenvalue weighted by atomic mass is 9.87. The summed E-state index contributed by atoms with van der Waals surface area (Å²) in [4.78, 5) is 13.3. The molecule has 0 saturated heterocycles. The number of benzene rings is 2. The van der Waals surface area contributed by atoms with Crippen molar-refractivity contribution in [1.82, 2.24) is 9.78 Å². The molecule has 28 heavy (non-hydrogen) atoms. The first-order chi connectivity index (χ1) is 13.4. The molecule has 4 nitrogen and oxygen atoms in total. The third kappa shape index (κ3) is 3.59. The topological polar surface area (TPSA) is 46.9 Å². The number of nitrogens with one attached hydrogen (secondary N) is 1. The van der Waals surface area contributed by atoms with E-state index in [1.807, 2.05) is 47.1 Å². The zero-order valence-electron chi connectivity index (χ0n) is 16.8. The lowest BCUT2D eigenvalue weighted by molar-refractivity contribution is 0.101. The Balaban J connectivity index is 1.68. The van der Waals surface area contributed by atoms with Crippen LogP contribution in [-0.2, 0) is 18.3 Å². The summed E-state index contributed by atoms with van der Waals surface area (Å²) in [5.74, 6) is -0.0944. The molecule has 1 heterocycles. The van der Waals surface area contributed by atoms with E-state index in [9.17, 15) is 4.79 Å². The zero-order chi connectivity index (χ0) is 19.7. The molecular formula is C24H27N3O. The normalized spacial score (nSPS) is 13.8. The number of aryl methyl sites for hydroxylation is 1. The summed E-state index contributed by atoms with van der Waals surface area (Å²) in [5, 5.41) is 7.87. The summed E-state index contributed by atoms with van der Waals surface area (Å²) in [6, 6.07) is 18.0. The molecule has 144 valence electrons. The predicted molar refractivity (Wildman–Crippen MR) is 113 cm³/mol. The van der Waals surface area contributed by atoms with Crippen LogP contribution in [-0.4, -0.2) is 15.7 Å². The fraction of sp³-hybridized carbons (Fsp3) is 0.333. The standard InChI is InChI=1S/C24H27N3O/c1-24(2,3)17-13-15-18(16-14-17)25-23(28)22-20-11-7-8-12-21(20)26-27(22)19-9-5-4-6-10-19/h4-6,9-10,13-16H,7-8,11-12H2,1-3H3,(H,25,28). The molecular weight excluding hydrogens is 346 g/mol. The molecule has 0 radical (unpaired) electrons. The SMILES string of the molecule is CC(C)(C)c1ccc(NC(=O)c2c3c(nn2-c2ccccc2)CCCC3)cc1. The lowest BCUT2D eigenvalue weighted by Gasteiger charge is -2.19. The van der Waals surface area contributed by atoms with Crippen LogP contribution in [0.1, 0.15) is 60.9 Å². The quantitative estimate of drug-likeness (QED) is 0.677. The van der Waals surface area contributed by atoms with E-state index in [0.717, 1.165) is 48.3 Å². The van der Waals surface area contributed by atoms with E-state index in [0.29, 0.717) is 5.69 Å². The van der Waals surface area contributed by atoms with Crippen molar-refractivity contribution in [2.24, 2.45) is 0 Å². The lowest BCUT2D eigenvalue weighted by Crippen LogP contribution is -2.19. The average molecular weight is 374 g/mol. The fourth-order valence-electron chi connectivity index (χ4n) is 3.79. The van der Waals surface area contributed by atoms with Crippen molar-refractivity contribution in [2.45, 2.75) is 51.9 Å². The maximum Gasteiger partial charge on any atom is 0.274 e. The molecule has 1 aromatic heterocycles.